The van der Waals surface area contributed by atoms with Crippen molar-refractivity contribution in [3.8, 4) is 17.2 Å². The smallest absolute Gasteiger partial charge is 0.332 e. The largest absolute Gasteiger partial charge is 0.493 e. The van der Waals surface area contributed by atoms with Crippen LogP contribution in [0.15, 0.2) is 12.1 Å². The molecule has 2 aliphatic rings. The Balaban J connectivity index is 2.20. The number of esters is 1. The number of hydrogen-bond acceptors (Lipinski definition) is 8. The van der Waals surface area contributed by atoms with E-state index in [0.717, 1.165) is 9.80 Å². The van der Waals surface area contributed by atoms with Crippen molar-refractivity contribution in [3.63, 3.8) is 0 Å². The third kappa shape index (κ3) is 2.70. The number of methoxy groups -OCH3 is 3. The van der Waals surface area contributed by atoms with Gasteiger partial charge >= 0.3 is 12.0 Å². The number of rotatable bonds is 6. The second kappa shape index (κ2) is 7.51. The van der Waals surface area contributed by atoms with Crippen LogP contribution in [-0.2, 0) is 19.1 Å². The molecule has 0 aromatic heterocycles. The molecule has 1 saturated carbocycles. The van der Waals surface area contributed by atoms with Gasteiger partial charge in [-0.05, 0) is 24.6 Å². The Hall–Kier alpha value is -3.30. The molecule has 0 N–H and O–H groups in total. The molecule has 10 nitrogen and oxygen atoms in total. The Morgan fingerprint density at radius 2 is 1.47 bits per heavy atom. The molecule has 1 spiro atoms. The number of carbonyl (C=O) groups is 4. The number of carbonyl (C=O) groups excluding carboxylic acids is 4. The molecule has 1 aliphatic heterocycles. The average molecular weight is 420 g/mol. The minimum atomic E-state index is -1.77. The zero-order chi connectivity index (χ0) is 22.4. The maximum Gasteiger partial charge on any atom is 0.332 e. The Morgan fingerprint density at radius 1 is 0.967 bits per heavy atom. The summed E-state index contributed by atoms with van der Waals surface area (Å²) in [5.41, 5.74) is -1.31. The highest BCUT2D eigenvalue weighted by Gasteiger charge is 2.81. The fourth-order valence-electron chi connectivity index (χ4n) is 4.26. The summed E-state index contributed by atoms with van der Waals surface area (Å²) in [5, 5.41) is 0. The van der Waals surface area contributed by atoms with Gasteiger partial charge < -0.3 is 18.9 Å². The first-order chi connectivity index (χ1) is 14.2. The summed E-state index contributed by atoms with van der Waals surface area (Å²) in [6.45, 7) is 1.72. The van der Waals surface area contributed by atoms with Crippen LogP contribution in [0.5, 0.6) is 17.2 Å². The number of ether oxygens (including phenoxy) is 4. The van der Waals surface area contributed by atoms with Crippen molar-refractivity contribution in [2.75, 3.05) is 42.0 Å². The van der Waals surface area contributed by atoms with Crippen molar-refractivity contribution in [3.05, 3.63) is 17.7 Å². The third-order valence-corrected chi connectivity index (χ3v) is 5.68. The summed E-state index contributed by atoms with van der Waals surface area (Å²) >= 11 is 0. The number of benzene rings is 1. The molecule has 0 radical (unpaired) electrons. The van der Waals surface area contributed by atoms with E-state index in [1.54, 1.807) is 19.1 Å². The number of urea groups is 1. The lowest BCUT2D eigenvalue weighted by Gasteiger charge is -2.34. The van der Waals surface area contributed by atoms with Crippen molar-refractivity contribution in [1.82, 2.24) is 9.80 Å². The zero-order valence-corrected chi connectivity index (χ0v) is 17.7. The van der Waals surface area contributed by atoms with Crippen LogP contribution < -0.4 is 14.2 Å². The maximum absolute atomic E-state index is 13.2. The van der Waals surface area contributed by atoms with E-state index in [-0.39, 0.29) is 6.61 Å². The predicted molar refractivity (Wildman–Crippen MR) is 102 cm³/mol. The van der Waals surface area contributed by atoms with Crippen LogP contribution in [0.3, 0.4) is 0 Å². The van der Waals surface area contributed by atoms with E-state index in [1.807, 2.05) is 0 Å². The molecular formula is C20H24N2O8. The molecule has 3 rings (SSSR count). The van der Waals surface area contributed by atoms with Gasteiger partial charge in [-0.1, -0.05) is 0 Å². The molecule has 1 aromatic carbocycles. The highest BCUT2D eigenvalue weighted by Crippen LogP contribution is 2.68. The van der Waals surface area contributed by atoms with Gasteiger partial charge in [0.2, 0.25) is 17.6 Å². The molecule has 1 heterocycles. The first kappa shape index (κ1) is 21.4. The molecular weight excluding hydrogens is 396 g/mol. The fraction of sp³-hybridized carbons (Fsp3) is 0.500. The fourth-order valence-corrected chi connectivity index (χ4v) is 4.26. The van der Waals surface area contributed by atoms with E-state index in [2.05, 4.69) is 0 Å². The van der Waals surface area contributed by atoms with E-state index in [0.29, 0.717) is 22.8 Å². The zero-order valence-electron chi connectivity index (χ0n) is 17.7. The van der Waals surface area contributed by atoms with E-state index < -0.39 is 41.1 Å². The van der Waals surface area contributed by atoms with Crippen LogP contribution in [0.2, 0.25) is 0 Å². The molecule has 2 unspecified atom stereocenters. The topological polar surface area (TPSA) is 112 Å². The van der Waals surface area contributed by atoms with E-state index >= 15 is 0 Å². The van der Waals surface area contributed by atoms with Gasteiger partial charge in [-0.15, -0.1) is 0 Å². The van der Waals surface area contributed by atoms with Crippen LogP contribution in [0, 0.1) is 11.3 Å². The maximum atomic E-state index is 13.2. The second-order valence-corrected chi connectivity index (χ2v) is 7.05. The van der Waals surface area contributed by atoms with Gasteiger partial charge in [-0.25, -0.2) is 4.79 Å². The van der Waals surface area contributed by atoms with Gasteiger partial charge in [0, 0.05) is 20.0 Å². The van der Waals surface area contributed by atoms with E-state index in [4.69, 9.17) is 18.9 Å². The monoisotopic (exact) mass is 420 g/mol. The Kier molecular flexibility index (Phi) is 5.36. The van der Waals surface area contributed by atoms with Gasteiger partial charge in [0.15, 0.2) is 16.9 Å². The molecule has 162 valence electrons. The summed E-state index contributed by atoms with van der Waals surface area (Å²) in [4.78, 5) is 53.0. The van der Waals surface area contributed by atoms with E-state index in [1.165, 1.54) is 35.4 Å². The van der Waals surface area contributed by atoms with Crippen molar-refractivity contribution >= 4 is 23.8 Å². The number of imide groups is 2. The standard InChI is InChI=1S/C20H24N2O8/c1-7-30-16(23)14-13(10-8-11(27-4)15(29-6)12(9-10)28-5)20(14)17(24)21(2)19(26)22(3)18(20)25/h8-9,13-14H,7H2,1-6H3. The molecule has 30 heavy (non-hydrogen) atoms. The Labute approximate surface area is 173 Å². The van der Waals surface area contributed by atoms with Gasteiger partial charge in [-0.3, -0.25) is 24.2 Å². The van der Waals surface area contributed by atoms with Crippen molar-refractivity contribution in [2.24, 2.45) is 11.3 Å². The Morgan fingerprint density at radius 3 is 1.87 bits per heavy atom. The molecule has 4 amide bonds. The molecule has 10 heteroatoms. The lowest BCUT2D eigenvalue weighted by atomic mass is 9.93. The molecule has 2 atom stereocenters. The summed E-state index contributed by atoms with van der Waals surface area (Å²) in [6, 6.07) is 2.42. The normalized spacial score (nSPS) is 22.3. The van der Waals surface area contributed by atoms with Gasteiger partial charge in [0.1, 0.15) is 0 Å². The third-order valence-electron chi connectivity index (χ3n) is 5.68. The first-order valence-electron chi connectivity index (χ1n) is 9.29. The molecule has 0 bridgehead atoms. The van der Waals surface area contributed by atoms with Gasteiger partial charge in [0.05, 0.1) is 33.9 Å². The first-order valence-corrected chi connectivity index (χ1v) is 9.29. The summed E-state index contributed by atoms with van der Waals surface area (Å²) < 4.78 is 21.2. The Bertz CT molecular complexity index is 878. The van der Waals surface area contributed by atoms with Crippen molar-refractivity contribution < 1.29 is 38.1 Å². The number of amides is 4. The van der Waals surface area contributed by atoms with Crippen molar-refractivity contribution in [1.29, 1.82) is 0 Å². The SMILES string of the molecule is CCOC(=O)C1C(c2cc(OC)c(OC)c(OC)c2)C12C(=O)N(C)C(=O)N(C)C2=O. The molecule has 1 aliphatic carbocycles. The highest BCUT2D eigenvalue weighted by atomic mass is 16.5. The second-order valence-electron chi connectivity index (χ2n) is 7.05. The lowest BCUT2D eigenvalue weighted by Crippen LogP contribution is -2.59. The highest BCUT2D eigenvalue weighted by molar-refractivity contribution is 6.24. The summed E-state index contributed by atoms with van der Waals surface area (Å²) in [7, 11) is 6.88. The quantitative estimate of drug-likeness (QED) is 0.495. The van der Waals surface area contributed by atoms with Gasteiger partial charge in [-0.2, -0.15) is 0 Å². The van der Waals surface area contributed by atoms with Crippen LogP contribution in [0.25, 0.3) is 0 Å². The summed E-state index contributed by atoms with van der Waals surface area (Å²) in [6.07, 6.45) is 0. The minimum absolute atomic E-state index is 0.0837. The molecule has 1 saturated heterocycles. The predicted octanol–water partition coefficient (Wildman–Crippen LogP) is 1.03. The van der Waals surface area contributed by atoms with Crippen LogP contribution in [0.4, 0.5) is 4.79 Å². The number of nitrogens with zero attached hydrogens (tertiary/aromatic N) is 2. The minimum Gasteiger partial charge on any atom is -0.493 e. The van der Waals surface area contributed by atoms with Crippen LogP contribution >= 0.6 is 0 Å². The van der Waals surface area contributed by atoms with Crippen molar-refractivity contribution in [2.45, 2.75) is 12.8 Å². The van der Waals surface area contributed by atoms with E-state index in [9.17, 15) is 19.2 Å². The van der Waals surface area contributed by atoms with Crippen LogP contribution in [-0.4, -0.2) is 75.6 Å². The van der Waals surface area contributed by atoms with Gasteiger partial charge in [0.25, 0.3) is 0 Å². The number of barbiturate groups is 1. The van der Waals surface area contributed by atoms with Crippen LogP contribution in [0.1, 0.15) is 18.4 Å². The number of hydrogen-bond donors (Lipinski definition) is 0. The lowest BCUT2D eigenvalue weighted by molar-refractivity contribution is -0.156. The summed E-state index contributed by atoms with van der Waals surface area (Å²) in [5.74, 6) is -3.16. The molecule has 2 fully saturated rings. The average Bonchev–Trinajstić information content (AvgIpc) is 3.45. The molecule has 1 aromatic rings.